The largest absolute Gasteiger partial charge is 0.344 e. The number of hydrogen-bond acceptors (Lipinski definition) is 2. The maximum absolute atomic E-state index is 12.8. The molecule has 3 aromatic rings. The molecule has 0 aliphatic heterocycles. The first-order valence-corrected chi connectivity index (χ1v) is 7.45. The highest BCUT2D eigenvalue weighted by Gasteiger charge is 2.14. The van der Waals surface area contributed by atoms with Gasteiger partial charge in [-0.25, -0.2) is 4.39 Å². The van der Waals surface area contributed by atoms with E-state index >= 15 is 0 Å². The fraction of sp³-hybridized carbons (Fsp3) is 0.0526. The van der Waals surface area contributed by atoms with E-state index in [0.717, 1.165) is 10.8 Å². The number of amides is 2. The summed E-state index contributed by atoms with van der Waals surface area (Å²) in [6, 6.07) is 18.8. The minimum atomic E-state index is -0.743. The second-order valence-electron chi connectivity index (χ2n) is 5.29. The molecule has 2 amide bonds. The second-order valence-corrected chi connectivity index (χ2v) is 5.29. The molecule has 5 heteroatoms. The first kappa shape index (κ1) is 15.7. The molecule has 0 spiro atoms. The third kappa shape index (κ3) is 3.57. The number of nitrogens with one attached hydrogen (secondary N) is 2. The zero-order valence-electron chi connectivity index (χ0n) is 12.8. The molecule has 0 heterocycles. The Balaban J connectivity index is 1.65. The lowest BCUT2D eigenvalue weighted by molar-refractivity contribution is -0.136. The van der Waals surface area contributed by atoms with Crippen LogP contribution in [0.5, 0.6) is 0 Å². The van der Waals surface area contributed by atoms with Crippen molar-refractivity contribution in [1.29, 1.82) is 0 Å². The molecule has 3 aromatic carbocycles. The van der Waals surface area contributed by atoms with Gasteiger partial charge in [-0.3, -0.25) is 9.59 Å². The first-order chi connectivity index (χ1) is 11.6. The van der Waals surface area contributed by atoms with Gasteiger partial charge in [0, 0.05) is 17.6 Å². The zero-order valence-corrected chi connectivity index (χ0v) is 12.8. The van der Waals surface area contributed by atoms with Gasteiger partial charge in [-0.1, -0.05) is 48.5 Å². The zero-order chi connectivity index (χ0) is 16.9. The molecule has 120 valence electrons. The molecular formula is C19H15FN2O2. The fourth-order valence-electron chi connectivity index (χ4n) is 2.38. The van der Waals surface area contributed by atoms with Crippen molar-refractivity contribution >= 4 is 28.3 Å². The van der Waals surface area contributed by atoms with E-state index in [-0.39, 0.29) is 12.4 Å². The van der Waals surface area contributed by atoms with Crippen molar-refractivity contribution in [3.63, 3.8) is 0 Å². The normalized spacial score (nSPS) is 10.4. The van der Waals surface area contributed by atoms with Crippen molar-refractivity contribution < 1.29 is 14.0 Å². The third-order valence-electron chi connectivity index (χ3n) is 3.61. The molecule has 0 aliphatic rings. The van der Waals surface area contributed by atoms with Crippen LogP contribution in [0.1, 0.15) is 5.56 Å². The molecule has 0 aromatic heterocycles. The Labute approximate surface area is 138 Å². The summed E-state index contributed by atoms with van der Waals surface area (Å²) in [5.41, 5.74) is 1.29. The molecule has 0 saturated carbocycles. The molecule has 0 atom stereocenters. The summed E-state index contributed by atoms with van der Waals surface area (Å²) in [6.45, 7) is 0.155. The van der Waals surface area contributed by atoms with Crippen LogP contribution in [-0.2, 0) is 16.1 Å². The van der Waals surface area contributed by atoms with E-state index in [1.54, 1.807) is 18.2 Å². The Morgan fingerprint density at radius 2 is 1.54 bits per heavy atom. The maximum Gasteiger partial charge on any atom is 0.313 e. The topological polar surface area (TPSA) is 58.2 Å². The predicted octanol–water partition coefficient (Wildman–Crippen LogP) is 3.23. The molecule has 0 aliphatic carbocycles. The number of carbonyl (C=O) groups excluding carboxylic acids is 2. The summed E-state index contributed by atoms with van der Waals surface area (Å²) in [5.74, 6) is -1.83. The number of anilines is 1. The molecule has 2 N–H and O–H groups in total. The average Bonchev–Trinajstić information content (AvgIpc) is 2.61. The first-order valence-electron chi connectivity index (χ1n) is 7.45. The van der Waals surface area contributed by atoms with E-state index < -0.39 is 11.8 Å². The Kier molecular flexibility index (Phi) is 4.52. The molecule has 0 bridgehead atoms. The number of rotatable bonds is 3. The minimum Gasteiger partial charge on any atom is -0.344 e. The molecule has 4 nitrogen and oxygen atoms in total. The number of halogens is 1. The van der Waals surface area contributed by atoms with Crippen LogP contribution < -0.4 is 10.6 Å². The number of benzene rings is 3. The summed E-state index contributed by atoms with van der Waals surface area (Å²) in [5, 5.41) is 6.97. The van der Waals surface area contributed by atoms with Gasteiger partial charge in [-0.2, -0.15) is 0 Å². The molecular weight excluding hydrogens is 307 g/mol. The van der Waals surface area contributed by atoms with Crippen LogP contribution in [0, 0.1) is 5.82 Å². The van der Waals surface area contributed by atoms with E-state index in [4.69, 9.17) is 0 Å². The van der Waals surface area contributed by atoms with E-state index in [2.05, 4.69) is 10.6 Å². The smallest absolute Gasteiger partial charge is 0.313 e. The summed E-state index contributed by atoms with van der Waals surface area (Å²) >= 11 is 0. The average molecular weight is 322 g/mol. The Hall–Kier alpha value is -3.21. The van der Waals surface area contributed by atoms with E-state index in [0.29, 0.717) is 11.3 Å². The van der Waals surface area contributed by atoms with Gasteiger partial charge in [-0.05, 0) is 29.1 Å². The fourth-order valence-corrected chi connectivity index (χ4v) is 2.38. The highest BCUT2D eigenvalue weighted by molar-refractivity contribution is 6.40. The van der Waals surface area contributed by atoms with E-state index in [9.17, 15) is 14.0 Å². The number of fused-ring (bicyclic) bond motifs is 1. The van der Waals surface area contributed by atoms with Crippen molar-refractivity contribution in [2.75, 3.05) is 5.32 Å². The van der Waals surface area contributed by atoms with Gasteiger partial charge in [0.2, 0.25) is 0 Å². The van der Waals surface area contributed by atoms with Crippen LogP contribution in [0.3, 0.4) is 0 Å². The van der Waals surface area contributed by atoms with Gasteiger partial charge >= 0.3 is 11.8 Å². The van der Waals surface area contributed by atoms with Crippen molar-refractivity contribution in [1.82, 2.24) is 5.32 Å². The number of carbonyl (C=O) groups is 2. The summed E-state index contributed by atoms with van der Waals surface area (Å²) in [7, 11) is 0. The van der Waals surface area contributed by atoms with Crippen molar-refractivity contribution in [2.45, 2.75) is 6.54 Å². The molecule has 0 radical (unpaired) electrons. The second kappa shape index (κ2) is 6.91. The minimum absolute atomic E-state index is 0.155. The van der Waals surface area contributed by atoms with Crippen LogP contribution in [0.25, 0.3) is 10.8 Å². The highest BCUT2D eigenvalue weighted by Crippen LogP contribution is 2.22. The monoisotopic (exact) mass is 322 g/mol. The van der Waals surface area contributed by atoms with E-state index in [1.165, 1.54) is 12.1 Å². The van der Waals surface area contributed by atoms with Crippen molar-refractivity contribution in [2.24, 2.45) is 0 Å². The molecule has 0 unspecified atom stereocenters. The van der Waals surface area contributed by atoms with Gasteiger partial charge in [0.25, 0.3) is 0 Å². The van der Waals surface area contributed by atoms with Gasteiger partial charge in [-0.15, -0.1) is 0 Å². The van der Waals surface area contributed by atoms with Gasteiger partial charge in [0.05, 0.1) is 0 Å². The summed E-state index contributed by atoms with van der Waals surface area (Å²) < 4.78 is 12.8. The van der Waals surface area contributed by atoms with E-state index in [1.807, 2.05) is 36.4 Å². The van der Waals surface area contributed by atoms with Crippen LogP contribution in [0.2, 0.25) is 0 Å². The summed E-state index contributed by atoms with van der Waals surface area (Å²) in [4.78, 5) is 24.0. The van der Waals surface area contributed by atoms with Crippen molar-refractivity contribution in [3.8, 4) is 0 Å². The lowest BCUT2D eigenvalue weighted by Gasteiger charge is -2.09. The van der Waals surface area contributed by atoms with Crippen LogP contribution in [0.15, 0.2) is 66.7 Å². The Bertz CT molecular complexity index is 886. The van der Waals surface area contributed by atoms with Crippen molar-refractivity contribution in [3.05, 3.63) is 78.1 Å². The lowest BCUT2D eigenvalue weighted by Crippen LogP contribution is -2.35. The van der Waals surface area contributed by atoms with Crippen LogP contribution >= 0.6 is 0 Å². The van der Waals surface area contributed by atoms with Gasteiger partial charge in [0.15, 0.2) is 0 Å². The highest BCUT2D eigenvalue weighted by atomic mass is 19.1. The maximum atomic E-state index is 12.8. The lowest BCUT2D eigenvalue weighted by atomic mass is 10.1. The Morgan fingerprint density at radius 3 is 2.33 bits per heavy atom. The summed E-state index contributed by atoms with van der Waals surface area (Å²) in [6.07, 6.45) is 0. The Morgan fingerprint density at radius 1 is 0.833 bits per heavy atom. The molecule has 0 saturated heterocycles. The molecule has 0 fully saturated rings. The quantitative estimate of drug-likeness (QED) is 0.727. The SMILES string of the molecule is O=C(NCc1ccc(F)cc1)C(=O)Nc1cccc2ccccc12. The predicted molar refractivity (Wildman–Crippen MR) is 90.8 cm³/mol. The van der Waals surface area contributed by atoms with Crippen LogP contribution in [-0.4, -0.2) is 11.8 Å². The van der Waals surface area contributed by atoms with Gasteiger partial charge < -0.3 is 10.6 Å². The van der Waals surface area contributed by atoms with Crippen LogP contribution in [0.4, 0.5) is 10.1 Å². The van der Waals surface area contributed by atoms with Gasteiger partial charge in [0.1, 0.15) is 5.82 Å². The standard InChI is InChI=1S/C19H15FN2O2/c20-15-10-8-13(9-11-15)12-21-18(23)19(24)22-17-7-3-5-14-4-1-2-6-16(14)17/h1-11H,12H2,(H,21,23)(H,22,24). The molecule has 3 rings (SSSR count). The molecule has 24 heavy (non-hydrogen) atoms. The third-order valence-corrected chi connectivity index (χ3v) is 3.61. The number of hydrogen-bond donors (Lipinski definition) is 2.